The van der Waals surface area contributed by atoms with E-state index in [0.717, 1.165) is 50.4 Å². The van der Waals surface area contributed by atoms with Crippen LogP contribution in [0, 0.1) is 11.8 Å². The molecule has 2 saturated carbocycles. The smallest absolute Gasteiger partial charge is 0.343 e. The van der Waals surface area contributed by atoms with Crippen LogP contribution in [0.1, 0.15) is 235 Å². The third kappa shape index (κ3) is 27.8. The summed E-state index contributed by atoms with van der Waals surface area (Å²) in [7, 11) is 0. The zero-order chi connectivity index (χ0) is 66.4. The van der Waals surface area contributed by atoms with Gasteiger partial charge in [-0.15, -0.1) is 0 Å². The summed E-state index contributed by atoms with van der Waals surface area (Å²) in [6.07, 6.45) is 22.0. The second-order valence-electron chi connectivity index (χ2n) is 24.6. The van der Waals surface area contributed by atoms with Crippen LogP contribution >= 0.6 is 0 Å². The van der Waals surface area contributed by atoms with Crippen molar-refractivity contribution in [3.05, 3.63) is 149 Å². The molecule has 508 valence electrons. The molecule has 5 aromatic rings. The SMILES string of the molecule is CCCC1CCC(c2ccc(OC(=O)c3ccc(OCCCCCCOC(=O)CCC(=O)OCCCOC(=O)c4ccc(OCCCOC(=O)CCC(=O)OCCCCCCOc5ccc(C(=O)Oc6ccc(C7CCC(CCC)CC7)cc6)cc5)cc4)cc3)cc2)CC1. The van der Waals surface area contributed by atoms with Gasteiger partial charge in [0.2, 0.25) is 0 Å². The highest BCUT2D eigenvalue weighted by Crippen LogP contribution is 2.39. The molecule has 0 amide bonds. The lowest BCUT2D eigenvalue weighted by atomic mass is 9.77. The van der Waals surface area contributed by atoms with Gasteiger partial charge in [-0.05, 0) is 235 Å². The van der Waals surface area contributed by atoms with Crippen molar-refractivity contribution in [2.75, 3.05) is 52.9 Å². The monoisotopic (exact) mass is 1290 g/mol. The molecule has 94 heavy (non-hydrogen) atoms. The predicted octanol–water partition coefficient (Wildman–Crippen LogP) is 16.6. The van der Waals surface area contributed by atoms with Crippen molar-refractivity contribution in [1.82, 2.24) is 0 Å². The van der Waals surface area contributed by atoms with Gasteiger partial charge in [0.15, 0.2) is 0 Å². The molecule has 2 aliphatic rings. The van der Waals surface area contributed by atoms with Crippen molar-refractivity contribution in [3.63, 3.8) is 0 Å². The first-order valence-corrected chi connectivity index (χ1v) is 34.5. The summed E-state index contributed by atoms with van der Waals surface area (Å²) < 4.78 is 55.0. The minimum absolute atomic E-state index is 0.0211. The van der Waals surface area contributed by atoms with Crippen molar-refractivity contribution < 1.29 is 80.9 Å². The van der Waals surface area contributed by atoms with Gasteiger partial charge in [-0.3, -0.25) is 19.2 Å². The number of unbranched alkanes of at least 4 members (excludes halogenated alkanes) is 6. The van der Waals surface area contributed by atoms with Crippen molar-refractivity contribution in [2.24, 2.45) is 11.8 Å². The van der Waals surface area contributed by atoms with Gasteiger partial charge >= 0.3 is 41.8 Å². The molecule has 0 radical (unpaired) electrons. The van der Waals surface area contributed by atoms with E-state index in [1.54, 1.807) is 72.8 Å². The van der Waals surface area contributed by atoms with Crippen LogP contribution in [0.25, 0.3) is 0 Å². The third-order valence-corrected chi connectivity index (χ3v) is 17.3. The normalized spacial score (nSPS) is 16.0. The summed E-state index contributed by atoms with van der Waals surface area (Å²) in [4.78, 5) is 86.9. The van der Waals surface area contributed by atoms with Crippen LogP contribution in [-0.4, -0.2) is 94.6 Å². The van der Waals surface area contributed by atoms with Gasteiger partial charge in [0.25, 0.3) is 0 Å². The van der Waals surface area contributed by atoms with E-state index in [0.29, 0.717) is 89.7 Å². The Bertz CT molecular complexity index is 3030. The number of carbonyl (C=O) groups is 7. The van der Waals surface area contributed by atoms with E-state index < -0.39 is 41.8 Å². The fourth-order valence-corrected chi connectivity index (χ4v) is 11.9. The number of rotatable bonds is 42. The lowest BCUT2D eigenvalue weighted by molar-refractivity contribution is -0.150. The Morgan fingerprint density at radius 3 is 0.915 bits per heavy atom. The van der Waals surface area contributed by atoms with Gasteiger partial charge in [0, 0.05) is 12.8 Å². The first-order chi connectivity index (χ1) is 45.9. The highest BCUT2D eigenvalue weighted by molar-refractivity contribution is 5.92. The van der Waals surface area contributed by atoms with Crippen molar-refractivity contribution in [1.29, 1.82) is 0 Å². The van der Waals surface area contributed by atoms with E-state index in [1.165, 1.54) is 88.2 Å². The number of ether oxygens (including phenoxy) is 10. The first kappa shape index (κ1) is 73.2. The molecule has 0 bridgehead atoms. The largest absolute Gasteiger partial charge is 0.494 e. The average Bonchev–Trinajstić information content (AvgIpc) is 1.32. The molecule has 0 heterocycles. The molecule has 0 atom stereocenters. The molecule has 0 unspecified atom stereocenters. The second-order valence-corrected chi connectivity index (χ2v) is 24.6. The molecule has 5 aromatic carbocycles. The maximum atomic E-state index is 12.8. The Morgan fingerprint density at radius 1 is 0.298 bits per heavy atom. The molecule has 7 rings (SSSR count). The second kappa shape index (κ2) is 42.2. The van der Waals surface area contributed by atoms with E-state index in [1.807, 2.05) is 24.3 Å². The molecular formula is C77H98O17. The number of hydrogen-bond acceptors (Lipinski definition) is 17. The predicted molar refractivity (Wildman–Crippen MR) is 357 cm³/mol. The van der Waals surface area contributed by atoms with Crippen LogP contribution in [0.15, 0.2) is 121 Å². The number of benzene rings is 5. The lowest BCUT2D eigenvalue weighted by Crippen LogP contribution is -2.13. The zero-order valence-corrected chi connectivity index (χ0v) is 55.3. The summed E-state index contributed by atoms with van der Waals surface area (Å²) in [5.74, 6) is 2.43. The van der Waals surface area contributed by atoms with Crippen LogP contribution in [0.4, 0.5) is 0 Å². The molecule has 17 nitrogen and oxygen atoms in total. The van der Waals surface area contributed by atoms with Gasteiger partial charge in [-0.1, -0.05) is 63.8 Å². The molecule has 2 fully saturated rings. The van der Waals surface area contributed by atoms with Crippen molar-refractivity contribution in [2.45, 2.75) is 193 Å². The Labute approximate surface area is 555 Å². The lowest BCUT2D eigenvalue weighted by Gasteiger charge is -2.28. The van der Waals surface area contributed by atoms with Crippen LogP contribution in [-0.2, 0) is 42.9 Å². The fourth-order valence-electron chi connectivity index (χ4n) is 11.9. The minimum Gasteiger partial charge on any atom is -0.494 e. The van der Waals surface area contributed by atoms with Crippen LogP contribution < -0.4 is 23.7 Å². The maximum absolute atomic E-state index is 12.8. The van der Waals surface area contributed by atoms with Gasteiger partial charge in [-0.25, -0.2) is 14.4 Å². The summed E-state index contributed by atoms with van der Waals surface area (Å²) in [6, 6.07) is 36.1. The quantitative estimate of drug-likeness (QED) is 0.0154. The highest BCUT2D eigenvalue weighted by Gasteiger charge is 2.24. The Morgan fingerprint density at radius 2 is 0.574 bits per heavy atom. The van der Waals surface area contributed by atoms with Gasteiger partial charge in [0.05, 0.1) is 95.2 Å². The van der Waals surface area contributed by atoms with Crippen LogP contribution in [0.2, 0.25) is 0 Å². The molecule has 0 aromatic heterocycles. The molecule has 0 N–H and O–H groups in total. The van der Waals surface area contributed by atoms with E-state index in [4.69, 9.17) is 47.4 Å². The molecule has 0 aliphatic heterocycles. The van der Waals surface area contributed by atoms with Crippen LogP contribution in [0.3, 0.4) is 0 Å². The van der Waals surface area contributed by atoms with E-state index in [2.05, 4.69) is 38.1 Å². The van der Waals surface area contributed by atoms with Crippen molar-refractivity contribution >= 4 is 41.8 Å². The maximum Gasteiger partial charge on any atom is 0.343 e. The van der Waals surface area contributed by atoms with E-state index in [-0.39, 0.29) is 71.7 Å². The molecule has 17 heteroatoms. The van der Waals surface area contributed by atoms with E-state index in [9.17, 15) is 33.6 Å². The third-order valence-electron chi connectivity index (χ3n) is 17.3. The molecule has 2 aliphatic carbocycles. The molecule has 0 saturated heterocycles. The average molecular weight is 1300 g/mol. The fraction of sp³-hybridized carbons (Fsp3) is 0.519. The van der Waals surface area contributed by atoms with Crippen LogP contribution in [0.5, 0.6) is 28.7 Å². The van der Waals surface area contributed by atoms with Gasteiger partial charge in [-0.2, -0.15) is 0 Å². The summed E-state index contributed by atoms with van der Waals surface area (Å²) in [5, 5.41) is 0. The summed E-state index contributed by atoms with van der Waals surface area (Å²) in [5.41, 5.74) is 3.84. The number of carbonyl (C=O) groups excluding carboxylic acids is 7. The molecule has 0 spiro atoms. The number of esters is 7. The minimum atomic E-state index is -0.551. The Balaban J connectivity index is 0.598. The molecular weight excluding hydrogens is 1200 g/mol. The van der Waals surface area contributed by atoms with Gasteiger partial charge in [0.1, 0.15) is 28.7 Å². The Hall–Kier alpha value is -8.21. The van der Waals surface area contributed by atoms with Gasteiger partial charge < -0.3 is 47.4 Å². The Kier molecular flexibility index (Phi) is 32.9. The van der Waals surface area contributed by atoms with E-state index >= 15 is 0 Å². The number of hydrogen-bond donors (Lipinski definition) is 0. The first-order valence-electron chi connectivity index (χ1n) is 34.5. The zero-order valence-electron chi connectivity index (χ0n) is 55.3. The van der Waals surface area contributed by atoms with Crippen molar-refractivity contribution in [3.8, 4) is 28.7 Å². The standard InChI is InChI=1S/C77H98O17/c1-3-15-57-17-21-59(22-18-57)61-25-41-69(42-26-61)93-76(83)64-31-37-66(38-32-64)85-49-9-5-7-11-51-88-71(78)45-47-73(80)90-54-13-53-87-68-35-29-63(30-36-68)75(82)92-56-14-55-91-74(81)48-46-72(79)89-52-12-8-6-10-50-86-67-39-33-65(34-40-67)77(84)94-70-43-27-62(28-44-70)60-23-19-58(16-4-2)20-24-60/h25-44,57-60H,3-24,45-56H2,1-2H3. The highest BCUT2D eigenvalue weighted by atomic mass is 16.6. The summed E-state index contributed by atoms with van der Waals surface area (Å²) in [6.45, 7) is 6.46. The topological polar surface area (TPSA) is 212 Å². The summed E-state index contributed by atoms with van der Waals surface area (Å²) >= 11 is 0.